The van der Waals surface area contributed by atoms with Gasteiger partial charge in [0.05, 0.1) is 19.8 Å². The second-order valence-electron chi connectivity index (χ2n) is 10.5. The molecule has 4 atom stereocenters. The zero-order valence-electron chi connectivity index (χ0n) is 20.4. The molecule has 0 unspecified atom stereocenters. The topological polar surface area (TPSA) is 47.9 Å². The molecule has 1 saturated heterocycles. The van der Waals surface area contributed by atoms with Gasteiger partial charge in [-0.1, -0.05) is 94.9 Å². The van der Waals surface area contributed by atoms with Gasteiger partial charge in [-0.3, -0.25) is 0 Å². The molecule has 0 radical (unpaired) electrons. The van der Waals surface area contributed by atoms with Crippen molar-refractivity contribution in [2.24, 2.45) is 17.8 Å². The third kappa shape index (κ3) is 4.49. The molecule has 0 spiro atoms. The molecule has 0 amide bonds. The monoisotopic (exact) mass is 466 g/mol. The maximum absolute atomic E-state index is 9.93. The van der Waals surface area contributed by atoms with Crippen molar-refractivity contribution in [3.05, 3.63) is 72.8 Å². The third-order valence-corrected chi connectivity index (χ3v) is 12.6. The van der Waals surface area contributed by atoms with E-state index < -0.39 is 8.32 Å². The molecule has 1 aliphatic heterocycles. The summed E-state index contributed by atoms with van der Waals surface area (Å²) in [5.74, 6) is 0.440. The lowest BCUT2D eigenvalue weighted by Crippen LogP contribution is -2.68. The number of hydrogen-bond donors (Lipinski definition) is 1. The molecule has 0 bridgehead atoms. The van der Waals surface area contributed by atoms with Gasteiger partial charge < -0.3 is 19.0 Å². The number of aliphatic hydroxyl groups is 1. The van der Waals surface area contributed by atoms with E-state index in [1.165, 1.54) is 10.4 Å². The molecule has 1 aliphatic carbocycles. The molecular formula is C28H38O4Si. The largest absolute Gasteiger partial charge is 0.404 e. The van der Waals surface area contributed by atoms with Crippen molar-refractivity contribution >= 4 is 18.7 Å². The molecular weight excluding hydrogens is 428 g/mol. The van der Waals surface area contributed by atoms with Crippen LogP contribution in [0.4, 0.5) is 0 Å². The molecule has 4 rings (SSSR count). The smallest absolute Gasteiger partial charge is 0.261 e. The molecule has 2 aromatic rings. The van der Waals surface area contributed by atoms with Crippen LogP contribution in [0.1, 0.15) is 34.1 Å². The summed E-state index contributed by atoms with van der Waals surface area (Å²) in [5, 5.41) is 12.4. The summed E-state index contributed by atoms with van der Waals surface area (Å²) in [5.41, 5.74) is 0.847. The van der Waals surface area contributed by atoms with E-state index in [1.807, 2.05) is 0 Å². The minimum Gasteiger partial charge on any atom is -0.404 e. The van der Waals surface area contributed by atoms with Crippen LogP contribution in [0.25, 0.3) is 0 Å². The second kappa shape index (κ2) is 9.85. The zero-order chi connectivity index (χ0) is 23.6. The average molecular weight is 467 g/mol. The van der Waals surface area contributed by atoms with Crippen LogP contribution in [-0.2, 0) is 13.9 Å². The van der Waals surface area contributed by atoms with Gasteiger partial charge in [-0.15, -0.1) is 0 Å². The molecule has 1 N–H and O–H groups in total. The Morgan fingerprint density at radius 3 is 1.97 bits per heavy atom. The van der Waals surface area contributed by atoms with E-state index in [4.69, 9.17) is 13.9 Å². The highest BCUT2D eigenvalue weighted by Gasteiger charge is 2.55. The first-order valence-corrected chi connectivity index (χ1v) is 14.0. The Kier molecular flexibility index (Phi) is 7.27. The summed E-state index contributed by atoms with van der Waals surface area (Å²) >= 11 is 0. The molecule has 0 aromatic heterocycles. The van der Waals surface area contributed by atoms with Gasteiger partial charge in [-0.2, -0.15) is 0 Å². The minimum atomic E-state index is -2.67. The molecule has 4 nitrogen and oxygen atoms in total. The van der Waals surface area contributed by atoms with Gasteiger partial charge in [0.2, 0.25) is 0 Å². The van der Waals surface area contributed by atoms with E-state index in [0.29, 0.717) is 13.2 Å². The van der Waals surface area contributed by atoms with Crippen LogP contribution in [0.15, 0.2) is 72.8 Å². The summed E-state index contributed by atoms with van der Waals surface area (Å²) in [6.07, 6.45) is 0.572. The van der Waals surface area contributed by atoms with Gasteiger partial charge in [0.15, 0.2) is 6.29 Å². The number of ether oxygens (including phenoxy) is 2. The maximum Gasteiger partial charge on any atom is 0.261 e. The maximum atomic E-state index is 9.93. The lowest BCUT2D eigenvalue weighted by Gasteiger charge is -2.45. The Balaban J connectivity index is 1.78. The fourth-order valence-electron chi connectivity index (χ4n) is 5.90. The Hall–Kier alpha value is -1.76. The number of hydrogen-bond acceptors (Lipinski definition) is 4. The first-order chi connectivity index (χ1) is 15.8. The zero-order valence-corrected chi connectivity index (χ0v) is 21.4. The standard InChI is InChI=1S/C28H38O4Si/c1-20(19-29)24-18-25(21(2)26(24)27-30-16-17-31-27)32-33(28(3,4)5,22-12-8-6-9-13-22)23-14-10-7-11-15-23/h6-15,21,24-27,29H,1,16-19H2,2-5H3/t21-,24+,25-,26+/m1/s1. The van der Waals surface area contributed by atoms with Crippen LogP contribution in [0.3, 0.4) is 0 Å². The van der Waals surface area contributed by atoms with Crippen LogP contribution < -0.4 is 10.4 Å². The van der Waals surface area contributed by atoms with E-state index in [2.05, 4.69) is 94.9 Å². The SMILES string of the molecule is C=C(CO)[C@@H]1C[C@@H](O[Si](c2ccccc2)(c2ccccc2)C(C)(C)C)[C@@H](C)[C@@H]1C1OCCO1. The first-order valence-electron chi connectivity index (χ1n) is 12.1. The van der Waals surface area contributed by atoms with Gasteiger partial charge in [-0.25, -0.2) is 0 Å². The van der Waals surface area contributed by atoms with Crippen LogP contribution >= 0.6 is 0 Å². The average Bonchev–Trinajstić information content (AvgIpc) is 3.45. The Bertz CT molecular complexity index is 878. The highest BCUT2D eigenvalue weighted by atomic mass is 28.4. The predicted molar refractivity (Wildman–Crippen MR) is 135 cm³/mol. The summed E-state index contributed by atoms with van der Waals surface area (Å²) in [6, 6.07) is 21.5. The molecule has 5 heteroatoms. The van der Waals surface area contributed by atoms with Crippen molar-refractivity contribution in [2.45, 2.75) is 51.5 Å². The van der Waals surface area contributed by atoms with Crippen molar-refractivity contribution in [3.63, 3.8) is 0 Å². The van der Waals surface area contributed by atoms with Crippen molar-refractivity contribution in [1.82, 2.24) is 0 Å². The fraction of sp³-hybridized carbons (Fsp3) is 0.500. The summed E-state index contributed by atoms with van der Waals surface area (Å²) in [7, 11) is -2.67. The van der Waals surface area contributed by atoms with E-state index in [9.17, 15) is 5.11 Å². The highest BCUT2D eigenvalue weighted by molar-refractivity contribution is 6.99. The second-order valence-corrected chi connectivity index (χ2v) is 14.8. The number of benzene rings is 2. The molecule has 33 heavy (non-hydrogen) atoms. The van der Waals surface area contributed by atoms with Gasteiger partial charge >= 0.3 is 0 Å². The quantitative estimate of drug-likeness (QED) is 0.493. The molecule has 178 valence electrons. The molecule has 1 heterocycles. The van der Waals surface area contributed by atoms with E-state index in [0.717, 1.165) is 12.0 Å². The van der Waals surface area contributed by atoms with Crippen molar-refractivity contribution in [3.8, 4) is 0 Å². The Labute approximate surface area is 199 Å². The number of aliphatic hydroxyl groups excluding tert-OH is 1. The summed E-state index contributed by atoms with van der Waals surface area (Å²) in [4.78, 5) is 0. The van der Waals surface area contributed by atoms with Gasteiger partial charge in [-0.05, 0) is 39.2 Å². The van der Waals surface area contributed by atoms with Crippen LogP contribution in [0, 0.1) is 17.8 Å². The number of rotatable bonds is 7. The van der Waals surface area contributed by atoms with E-state index in [1.54, 1.807) is 0 Å². The van der Waals surface area contributed by atoms with Crippen molar-refractivity contribution in [2.75, 3.05) is 19.8 Å². The molecule has 2 aromatic carbocycles. The molecule has 2 aliphatic rings. The third-order valence-electron chi connectivity index (χ3n) is 7.58. The van der Waals surface area contributed by atoms with Crippen LogP contribution in [0.5, 0.6) is 0 Å². The fourth-order valence-corrected chi connectivity index (χ4v) is 10.7. The van der Waals surface area contributed by atoms with Crippen LogP contribution in [-0.4, -0.2) is 45.6 Å². The first kappa shape index (κ1) is 24.4. The highest BCUT2D eigenvalue weighted by Crippen LogP contribution is 2.48. The lowest BCUT2D eigenvalue weighted by atomic mass is 9.85. The normalized spacial score (nSPS) is 26.6. The lowest BCUT2D eigenvalue weighted by molar-refractivity contribution is -0.104. The van der Waals surface area contributed by atoms with Gasteiger partial charge in [0, 0.05) is 12.0 Å². The predicted octanol–water partition coefficient (Wildman–Crippen LogP) is 4.13. The van der Waals surface area contributed by atoms with E-state index >= 15 is 0 Å². The van der Waals surface area contributed by atoms with Gasteiger partial charge in [0.25, 0.3) is 8.32 Å². The molecule has 1 saturated carbocycles. The Morgan fingerprint density at radius 2 is 1.52 bits per heavy atom. The van der Waals surface area contributed by atoms with Crippen molar-refractivity contribution in [1.29, 1.82) is 0 Å². The molecule has 2 fully saturated rings. The van der Waals surface area contributed by atoms with Crippen LogP contribution in [0.2, 0.25) is 5.04 Å². The van der Waals surface area contributed by atoms with Gasteiger partial charge in [0.1, 0.15) is 0 Å². The van der Waals surface area contributed by atoms with E-state index in [-0.39, 0.29) is 41.8 Å². The summed E-state index contributed by atoms with van der Waals surface area (Å²) < 4.78 is 19.4. The minimum absolute atomic E-state index is 0.0161. The Morgan fingerprint density at radius 1 is 1.00 bits per heavy atom. The van der Waals surface area contributed by atoms with Crippen molar-refractivity contribution < 1.29 is 19.0 Å². The summed E-state index contributed by atoms with van der Waals surface area (Å²) in [6.45, 7) is 14.6.